The number of anilines is 1. The number of hydrogen-bond donors (Lipinski definition) is 1. The van der Waals surface area contributed by atoms with Gasteiger partial charge in [-0.15, -0.1) is 0 Å². The summed E-state index contributed by atoms with van der Waals surface area (Å²) >= 11 is 0. The molecule has 1 aliphatic rings. The van der Waals surface area contributed by atoms with Crippen molar-refractivity contribution in [3.8, 4) is 0 Å². The summed E-state index contributed by atoms with van der Waals surface area (Å²) in [7, 11) is 3.65. The third kappa shape index (κ3) is 2.54. The Morgan fingerprint density at radius 3 is 2.88 bits per heavy atom. The monoisotopic (exact) mass is 343 g/mol. The molecule has 0 unspecified atom stereocenters. The summed E-state index contributed by atoms with van der Waals surface area (Å²) in [4.78, 5) is 18.2. The van der Waals surface area contributed by atoms with Crippen LogP contribution >= 0.6 is 0 Å². The van der Waals surface area contributed by atoms with Gasteiger partial charge in [0.25, 0.3) is 6.01 Å². The standard InChI is InChI=1S/C17H18FN5O2/c1-9-11(8-19-23(9)3)16-13(7-15(24)22(16)2)21-17-20-12-6-10(18)4-5-14(12)25-17/h4-6,8,13,16H,7H2,1-3H3,(H,20,21)/t13-,16+/m1/s1. The predicted molar refractivity (Wildman–Crippen MR) is 89.5 cm³/mol. The van der Waals surface area contributed by atoms with Crippen LogP contribution in [0.5, 0.6) is 0 Å². The van der Waals surface area contributed by atoms with Gasteiger partial charge >= 0.3 is 0 Å². The fourth-order valence-corrected chi connectivity index (χ4v) is 3.35. The average molecular weight is 343 g/mol. The molecule has 1 aromatic carbocycles. The summed E-state index contributed by atoms with van der Waals surface area (Å²) in [6.45, 7) is 1.97. The highest BCUT2D eigenvalue weighted by Gasteiger charge is 2.40. The number of likely N-dealkylation sites (N-methyl/N-ethyl adjacent to an activating group) is 1. The number of nitrogens with one attached hydrogen (secondary N) is 1. The second-order valence-electron chi connectivity index (χ2n) is 6.34. The maximum Gasteiger partial charge on any atom is 0.296 e. The van der Waals surface area contributed by atoms with Gasteiger partial charge in [-0.1, -0.05) is 0 Å². The van der Waals surface area contributed by atoms with Crippen molar-refractivity contribution in [1.82, 2.24) is 19.7 Å². The first-order chi connectivity index (χ1) is 11.9. The van der Waals surface area contributed by atoms with Gasteiger partial charge in [0, 0.05) is 37.8 Å². The zero-order valence-corrected chi connectivity index (χ0v) is 14.2. The molecule has 0 aliphatic carbocycles. The molecule has 1 aliphatic heterocycles. The summed E-state index contributed by atoms with van der Waals surface area (Å²) in [6, 6.07) is 4.08. The largest absolute Gasteiger partial charge is 0.424 e. The zero-order valence-electron chi connectivity index (χ0n) is 14.2. The second kappa shape index (κ2) is 5.58. The van der Waals surface area contributed by atoms with E-state index in [1.54, 1.807) is 22.8 Å². The molecular formula is C17H18FN5O2. The van der Waals surface area contributed by atoms with Gasteiger partial charge in [-0.2, -0.15) is 10.1 Å². The number of rotatable bonds is 3. The molecule has 0 saturated carbocycles. The van der Waals surface area contributed by atoms with E-state index in [0.29, 0.717) is 17.5 Å². The number of fused-ring (bicyclic) bond motifs is 1. The van der Waals surface area contributed by atoms with Crippen LogP contribution in [0, 0.1) is 12.7 Å². The molecule has 1 saturated heterocycles. The van der Waals surface area contributed by atoms with Crippen LogP contribution in [0.25, 0.3) is 11.1 Å². The van der Waals surface area contributed by atoms with Crippen LogP contribution in [0.15, 0.2) is 28.8 Å². The van der Waals surface area contributed by atoms with Crippen LogP contribution in [0.3, 0.4) is 0 Å². The Kier molecular flexibility index (Phi) is 3.48. The lowest BCUT2D eigenvalue weighted by Crippen LogP contribution is -2.30. The van der Waals surface area contributed by atoms with Gasteiger partial charge in [-0.05, 0) is 19.1 Å². The van der Waals surface area contributed by atoms with Gasteiger partial charge in [0.15, 0.2) is 5.58 Å². The van der Waals surface area contributed by atoms with Crippen molar-refractivity contribution in [2.24, 2.45) is 7.05 Å². The Morgan fingerprint density at radius 2 is 2.16 bits per heavy atom. The summed E-state index contributed by atoms with van der Waals surface area (Å²) < 4.78 is 20.7. The number of aryl methyl sites for hydroxylation is 1. The summed E-state index contributed by atoms with van der Waals surface area (Å²) in [5.74, 6) is -0.333. The summed E-state index contributed by atoms with van der Waals surface area (Å²) in [5, 5.41) is 7.47. The Balaban J connectivity index is 1.67. The molecule has 0 bridgehead atoms. The molecule has 2 aromatic heterocycles. The quantitative estimate of drug-likeness (QED) is 0.790. The lowest BCUT2D eigenvalue weighted by atomic mass is 10.0. The number of benzene rings is 1. The molecule has 4 rings (SSSR count). The molecule has 1 N–H and O–H groups in total. The first-order valence-corrected chi connectivity index (χ1v) is 8.01. The van der Waals surface area contributed by atoms with E-state index in [1.165, 1.54) is 18.2 Å². The van der Waals surface area contributed by atoms with Gasteiger partial charge in [0.05, 0.1) is 18.3 Å². The van der Waals surface area contributed by atoms with E-state index in [2.05, 4.69) is 15.4 Å². The fourth-order valence-electron chi connectivity index (χ4n) is 3.35. The summed E-state index contributed by atoms with van der Waals surface area (Å²) in [6.07, 6.45) is 2.10. The predicted octanol–water partition coefficient (Wildman–Crippen LogP) is 2.39. The number of nitrogens with zero attached hydrogens (tertiary/aromatic N) is 4. The molecule has 8 heteroatoms. The molecule has 2 atom stereocenters. The SMILES string of the molecule is Cc1c([C@H]2[C@H](Nc3nc4cc(F)ccc4o3)CC(=O)N2C)cnn1C. The van der Waals surface area contributed by atoms with Gasteiger partial charge < -0.3 is 14.6 Å². The van der Waals surface area contributed by atoms with Gasteiger partial charge in [-0.25, -0.2) is 4.39 Å². The van der Waals surface area contributed by atoms with Crippen LogP contribution in [0.4, 0.5) is 10.4 Å². The minimum absolute atomic E-state index is 0.0351. The number of carbonyl (C=O) groups is 1. The zero-order chi connectivity index (χ0) is 17.7. The van der Waals surface area contributed by atoms with Crippen LogP contribution in [-0.4, -0.2) is 38.7 Å². The number of hydrogen-bond acceptors (Lipinski definition) is 5. The highest BCUT2D eigenvalue weighted by Crippen LogP contribution is 2.35. The van der Waals surface area contributed by atoms with Crippen molar-refractivity contribution in [1.29, 1.82) is 0 Å². The van der Waals surface area contributed by atoms with Crippen molar-refractivity contribution < 1.29 is 13.6 Å². The van der Waals surface area contributed by atoms with Gasteiger partial charge in [0.1, 0.15) is 11.3 Å². The number of oxazole rings is 1. The van der Waals surface area contributed by atoms with E-state index in [9.17, 15) is 9.18 Å². The third-order valence-electron chi connectivity index (χ3n) is 4.84. The number of likely N-dealkylation sites (tertiary alicyclic amines) is 1. The minimum Gasteiger partial charge on any atom is -0.424 e. The smallest absolute Gasteiger partial charge is 0.296 e. The van der Waals surface area contributed by atoms with Crippen molar-refractivity contribution in [2.75, 3.05) is 12.4 Å². The molecule has 3 heterocycles. The van der Waals surface area contributed by atoms with Crippen LogP contribution in [-0.2, 0) is 11.8 Å². The Labute approximate surface area is 143 Å². The second-order valence-corrected chi connectivity index (χ2v) is 6.34. The number of amides is 1. The molecule has 7 nitrogen and oxygen atoms in total. The first kappa shape index (κ1) is 15.6. The first-order valence-electron chi connectivity index (χ1n) is 8.01. The van der Waals surface area contributed by atoms with E-state index in [0.717, 1.165) is 11.3 Å². The minimum atomic E-state index is -0.369. The molecule has 1 fully saturated rings. The normalized spacial score (nSPS) is 20.6. The van der Waals surface area contributed by atoms with E-state index in [1.807, 2.05) is 14.0 Å². The van der Waals surface area contributed by atoms with Crippen molar-refractivity contribution >= 4 is 23.0 Å². The number of halogens is 1. The van der Waals surface area contributed by atoms with Crippen LogP contribution in [0.1, 0.15) is 23.7 Å². The van der Waals surface area contributed by atoms with Crippen molar-refractivity contribution in [2.45, 2.75) is 25.4 Å². The van der Waals surface area contributed by atoms with Gasteiger partial charge in [0.2, 0.25) is 5.91 Å². The lowest BCUT2D eigenvalue weighted by molar-refractivity contribution is -0.127. The molecular weight excluding hydrogens is 325 g/mol. The lowest BCUT2D eigenvalue weighted by Gasteiger charge is -2.25. The average Bonchev–Trinajstić information content (AvgIpc) is 3.19. The molecule has 1 amide bonds. The summed E-state index contributed by atoms with van der Waals surface area (Å²) in [5.41, 5.74) is 2.92. The Hall–Kier alpha value is -2.90. The fraction of sp³-hybridized carbons (Fsp3) is 0.353. The maximum atomic E-state index is 13.3. The maximum absolute atomic E-state index is 13.3. The third-order valence-corrected chi connectivity index (χ3v) is 4.84. The molecule has 0 spiro atoms. The highest BCUT2D eigenvalue weighted by atomic mass is 19.1. The van der Waals surface area contributed by atoms with Gasteiger partial charge in [-0.3, -0.25) is 9.48 Å². The van der Waals surface area contributed by atoms with E-state index >= 15 is 0 Å². The van der Waals surface area contributed by atoms with E-state index in [-0.39, 0.29) is 29.8 Å². The highest BCUT2D eigenvalue weighted by molar-refractivity contribution is 5.81. The van der Waals surface area contributed by atoms with Crippen molar-refractivity contribution in [3.05, 3.63) is 41.5 Å². The molecule has 0 radical (unpaired) electrons. The van der Waals surface area contributed by atoms with Crippen LogP contribution < -0.4 is 5.32 Å². The van der Waals surface area contributed by atoms with E-state index in [4.69, 9.17) is 4.42 Å². The Morgan fingerprint density at radius 1 is 1.36 bits per heavy atom. The molecule has 3 aromatic rings. The molecule has 25 heavy (non-hydrogen) atoms. The number of carbonyl (C=O) groups excluding carboxylic acids is 1. The van der Waals surface area contributed by atoms with Crippen LogP contribution in [0.2, 0.25) is 0 Å². The van der Waals surface area contributed by atoms with Crippen molar-refractivity contribution in [3.63, 3.8) is 0 Å². The molecule has 130 valence electrons. The Bertz CT molecular complexity index is 963. The van der Waals surface area contributed by atoms with E-state index < -0.39 is 0 Å². The number of aromatic nitrogens is 3. The topological polar surface area (TPSA) is 76.2 Å².